The molecule has 0 saturated carbocycles. The quantitative estimate of drug-likeness (QED) is 0.881. The van der Waals surface area contributed by atoms with E-state index >= 15 is 0 Å². The van der Waals surface area contributed by atoms with Crippen molar-refractivity contribution < 1.29 is 9.90 Å². The monoisotopic (exact) mass is 246 g/mol. The molecule has 1 aromatic rings. The van der Waals surface area contributed by atoms with Crippen LogP contribution < -0.4 is 0 Å². The Balaban J connectivity index is 3.22. The molecule has 1 rings (SSSR count). The molecule has 0 heterocycles. The van der Waals surface area contributed by atoms with Crippen molar-refractivity contribution in [2.45, 2.75) is 19.8 Å². The first-order valence-electron chi connectivity index (χ1n) is 4.61. The minimum atomic E-state index is -0.880. The number of rotatable bonds is 3. The Morgan fingerprint density at radius 3 is 2.40 bits per heavy atom. The number of hydrogen-bond acceptors (Lipinski definition) is 1. The van der Waals surface area contributed by atoms with E-state index in [-0.39, 0.29) is 5.92 Å². The lowest BCUT2D eigenvalue weighted by Crippen LogP contribution is -2.17. The average Bonchev–Trinajstić information content (AvgIpc) is 2.10. The first-order valence-corrected chi connectivity index (χ1v) is 5.37. The molecular formula is C11H12Cl2O2. The summed E-state index contributed by atoms with van der Waals surface area (Å²) in [6, 6.07) is 4.88. The summed E-state index contributed by atoms with van der Waals surface area (Å²) in [6.45, 7) is 3.69. The molecule has 0 spiro atoms. The van der Waals surface area contributed by atoms with E-state index in [9.17, 15) is 4.79 Å². The van der Waals surface area contributed by atoms with E-state index in [0.717, 1.165) is 0 Å². The van der Waals surface area contributed by atoms with Crippen molar-refractivity contribution in [1.82, 2.24) is 0 Å². The molecule has 0 radical (unpaired) electrons. The molecular weight excluding hydrogens is 235 g/mol. The zero-order valence-corrected chi connectivity index (χ0v) is 10.0. The number of benzene rings is 1. The Morgan fingerprint density at radius 1 is 1.33 bits per heavy atom. The third-order valence-electron chi connectivity index (χ3n) is 2.23. The Kier molecular flexibility index (Phi) is 4.00. The van der Waals surface area contributed by atoms with Crippen molar-refractivity contribution in [3.05, 3.63) is 33.8 Å². The van der Waals surface area contributed by atoms with Gasteiger partial charge in [-0.1, -0.05) is 37.0 Å². The maximum atomic E-state index is 11.1. The summed E-state index contributed by atoms with van der Waals surface area (Å²) in [5.74, 6) is -1.52. The van der Waals surface area contributed by atoms with Crippen LogP contribution in [0.5, 0.6) is 0 Å². The van der Waals surface area contributed by atoms with Crippen molar-refractivity contribution in [2.24, 2.45) is 5.92 Å². The first-order chi connectivity index (χ1) is 6.93. The van der Waals surface area contributed by atoms with Crippen LogP contribution in [0, 0.1) is 5.92 Å². The highest BCUT2D eigenvalue weighted by molar-refractivity contribution is 6.33. The van der Waals surface area contributed by atoms with Crippen LogP contribution in [0.25, 0.3) is 0 Å². The van der Waals surface area contributed by atoms with E-state index < -0.39 is 11.9 Å². The van der Waals surface area contributed by atoms with Crippen LogP contribution >= 0.6 is 23.2 Å². The lowest BCUT2D eigenvalue weighted by atomic mass is 9.88. The van der Waals surface area contributed by atoms with Crippen LogP contribution in [0.3, 0.4) is 0 Å². The highest BCUT2D eigenvalue weighted by atomic mass is 35.5. The van der Waals surface area contributed by atoms with Gasteiger partial charge >= 0.3 is 5.97 Å². The lowest BCUT2D eigenvalue weighted by Gasteiger charge is -2.18. The van der Waals surface area contributed by atoms with E-state index in [1.165, 1.54) is 0 Å². The van der Waals surface area contributed by atoms with Crippen LogP contribution in [0.15, 0.2) is 18.2 Å². The van der Waals surface area contributed by atoms with Crippen molar-refractivity contribution in [2.75, 3.05) is 0 Å². The van der Waals surface area contributed by atoms with Crippen LogP contribution in [-0.4, -0.2) is 11.1 Å². The van der Waals surface area contributed by atoms with E-state index in [1.807, 2.05) is 13.8 Å². The molecule has 0 bridgehead atoms. The molecule has 15 heavy (non-hydrogen) atoms. The Labute approximate surface area is 98.8 Å². The summed E-state index contributed by atoms with van der Waals surface area (Å²) in [5, 5.41) is 10.1. The second kappa shape index (κ2) is 4.86. The second-order valence-electron chi connectivity index (χ2n) is 3.73. The van der Waals surface area contributed by atoms with Crippen molar-refractivity contribution in [3.63, 3.8) is 0 Å². The molecule has 82 valence electrons. The third kappa shape index (κ3) is 2.86. The van der Waals surface area contributed by atoms with Gasteiger partial charge in [0.25, 0.3) is 0 Å². The van der Waals surface area contributed by atoms with Crippen LogP contribution in [0.2, 0.25) is 10.0 Å². The predicted molar refractivity (Wildman–Crippen MR) is 61.7 cm³/mol. The minimum Gasteiger partial charge on any atom is -0.481 e. The normalized spacial score (nSPS) is 12.9. The molecule has 1 unspecified atom stereocenters. The van der Waals surface area contributed by atoms with Crippen molar-refractivity contribution in [1.29, 1.82) is 0 Å². The predicted octanol–water partition coefficient (Wildman–Crippen LogP) is 3.82. The van der Waals surface area contributed by atoms with Crippen LogP contribution in [0.1, 0.15) is 25.3 Å². The van der Waals surface area contributed by atoms with Crippen molar-refractivity contribution >= 4 is 29.2 Å². The zero-order chi connectivity index (χ0) is 11.6. The second-order valence-corrected chi connectivity index (χ2v) is 4.57. The fourth-order valence-electron chi connectivity index (χ4n) is 1.53. The first kappa shape index (κ1) is 12.3. The lowest BCUT2D eigenvalue weighted by molar-refractivity contribution is -0.139. The summed E-state index contributed by atoms with van der Waals surface area (Å²) in [6.07, 6.45) is 0. The molecule has 0 fully saturated rings. The molecule has 0 aliphatic carbocycles. The van der Waals surface area contributed by atoms with Gasteiger partial charge in [0.2, 0.25) is 0 Å². The summed E-state index contributed by atoms with van der Waals surface area (Å²) < 4.78 is 0. The maximum absolute atomic E-state index is 11.1. The standard InChI is InChI=1S/C11H12Cl2O2/c1-6(2)10(11(14)15)8-5-7(12)3-4-9(8)13/h3-6,10H,1-2H3,(H,14,15). The average molecular weight is 247 g/mol. The smallest absolute Gasteiger partial charge is 0.311 e. The largest absolute Gasteiger partial charge is 0.481 e. The van der Waals surface area contributed by atoms with Crippen LogP contribution in [-0.2, 0) is 4.79 Å². The van der Waals surface area contributed by atoms with Gasteiger partial charge in [-0.25, -0.2) is 0 Å². The number of carboxylic acids is 1. The Hall–Kier alpha value is -0.730. The van der Waals surface area contributed by atoms with Gasteiger partial charge in [0.05, 0.1) is 5.92 Å². The molecule has 1 atom stereocenters. The number of aliphatic carboxylic acids is 1. The zero-order valence-electron chi connectivity index (χ0n) is 8.50. The third-order valence-corrected chi connectivity index (χ3v) is 2.81. The number of hydrogen-bond donors (Lipinski definition) is 1. The summed E-state index contributed by atoms with van der Waals surface area (Å²) in [4.78, 5) is 11.1. The summed E-state index contributed by atoms with van der Waals surface area (Å²) in [7, 11) is 0. The number of carbonyl (C=O) groups is 1. The number of carboxylic acid groups (broad SMARTS) is 1. The maximum Gasteiger partial charge on any atom is 0.311 e. The fraction of sp³-hybridized carbons (Fsp3) is 0.364. The van der Waals surface area contributed by atoms with E-state index in [0.29, 0.717) is 15.6 Å². The number of halogens is 2. The Morgan fingerprint density at radius 2 is 1.93 bits per heavy atom. The molecule has 4 heteroatoms. The SMILES string of the molecule is CC(C)C(C(=O)O)c1cc(Cl)ccc1Cl. The summed E-state index contributed by atoms with van der Waals surface area (Å²) in [5.41, 5.74) is 0.576. The summed E-state index contributed by atoms with van der Waals surface area (Å²) >= 11 is 11.8. The van der Waals surface area contributed by atoms with Gasteiger partial charge in [-0.2, -0.15) is 0 Å². The molecule has 0 aliphatic heterocycles. The van der Waals surface area contributed by atoms with Gasteiger partial charge in [0.1, 0.15) is 0 Å². The fourth-order valence-corrected chi connectivity index (χ4v) is 1.95. The van der Waals surface area contributed by atoms with Gasteiger partial charge < -0.3 is 5.11 Å². The molecule has 1 N–H and O–H groups in total. The van der Waals surface area contributed by atoms with Gasteiger partial charge in [-0.05, 0) is 29.7 Å². The van der Waals surface area contributed by atoms with Gasteiger partial charge in [0, 0.05) is 10.0 Å². The van der Waals surface area contributed by atoms with Gasteiger partial charge in [0.15, 0.2) is 0 Å². The molecule has 0 aromatic heterocycles. The van der Waals surface area contributed by atoms with Gasteiger partial charge in [-0.15, -0.1) is 0 Å². The molecule has 0 aliphatic rings. The minimum absolute atomic E-state index is 0.0292. The molecule has 2 nitrogen and oxygen atoms in total. The van der Waals surface area contributed by atoms with Crippen molar-refractivity contribution in [3.8, 4) is 0 Å². The highest BCUT2D eigenvalue weighted by Crippen LogP contribution is 2.32. The molecule has 0 saturated heterocycles. The highest BCUT2D eigenvalue weighted by Gasteiger charge is 2.25. The van der Waals surface area contributed by atoms with E-state index in [4.69, 9.17) is 28.3 Å². The van der Waals surface area contributed by atoms with E-state index in [1.54, 1.807) is 18.2 Å². The van der Waals surface area contributed by atoms with E-state index in [2.05, 4.69) is 0 Å². The van der Waals surface area contributed by atoms with Crippen LogP contribution in [0.4, 0.5) is 0 Å². The molecule has 1 aromatic carbocycles. The topological polar surface area (TPSA) is 37.3 Å². The molecule has 0 amide bonds. The van der Waals surface area contributed by atoms with Gasteiger partial charge in [-0.3, -0.25) is 4.79 Å². The Bertz CT molecular complexity index is 375.